The highest BCUT2D eigenvalue weighted by atomic mass is 16.6. The molecular formula is C16H23N3O4. The third kappa shape index (κ3) is 4.64. The predicted molar refractivity (Wildman–Crippen MR) is 82.6 cm³/mol. The predicted octanol–water partition coefficient (Wildman–Crippen LogP) is 1.82. The molecule has 0 N–H and O–H groups in total. The lowest BCUT2D eigenvalue weighted by Crippen LogP contribution is -2.43. The lowest BCUT2D eigenvalue weighted by Gasteiger charge is -2.27. The van der Waals surface area contributed by atoms with Crippen LogP contribution in [-0.4, -0.2) is 52.2 Å². The molecular weight excluding hydrogens is 298 g/mol. The number of methoxy groups -OCH3 is 1. The van der Waals surface area contributed by atoms with Crippen LogP contribution in [0.25, 0.3) is 0 Å². The van der Waals surface area contributed by atoms with Gasteiger partial charge in [0.15, 0.2) is 0 Å². The van der Waals surface area contributed by atoms with Crippen LogP contribution in [0, 0.1) is 5.92 Å². The Balaban J connectivity index is 2.09. The molecule has 0 aromatic carbocycles. The molecule has 1 aliphatic heterocycles. The smallest absolute Gasteiger partial charge is 0.411 e. The maximum absolute atomic E-state index is 12.4. The van der Waals surface area contributed by atoms with E-state index in [1.54, 1.807) is 33.2 Å². The van der Waals surface area contributed by atoms with E-state index in [0.717, 1.165) is 5.56 Å². The number of aromatic nitrogens is 2. The summed E-state index contributed by atoms with van der Waals surface area (Å²) >= 11 is 0. The van der Waals surface area contributed by atoms with Crippen LogP contribution in [-0.2, 0) is 20.7 Å². The second kappa shape index (κ2) is 6.93. The molecule has 0 aliphatic carbocycles. The number of ether oxygens (including phenoxy) is 2. The van der Waals surface area contributed by atoms with E-state index in [1.165, 1.54) is 18.3 Å². The van der Waals surface area contributed by atoms with Gasteiger partial charge < -0.3 is 9.47 Å². The van der Waals surface area contributed by atoms with Gasteiger partial charge in [-0.2, -0.15) is 0 Å². The zero-order valence-electron chi connectivity index (χ0n) is 14.0. The minimum absolute atomic E-state index is 0.137. The second-order valence-corrected chi connectivity index (χ2v) is 6.72. The molecule has 0 radical (unpaired) electrons. The van der Waals surface area contributed by atoms with E-state index in [2.05, 4.69) is 9.97 Å². The van der Waals surface area contributed by atoms with E-state index in [0.29, 0.717) is 19.4 Å². The summed E-state index contributed by atoms with van der Waals surface area (Å²) in [6.45, 7) is 5.84. The normalized spacial score (nSPS) is 21.1. The molecule has 0 spiro atoms. The average molecular weight is 321 g/mol. The van der Waals surface area contributed by atoms with E-state index in [4.69, 9.17) is 9.47 Å². The Hall–Kier alpha value is -2.18. The standard InChI is InChI=1S/C16H23N3O4/c1-16(2,3)23-15(21)19-9-11(6-13(19)14(20)22-4)5-12-7-17-10-18-8-12/h7-8,10-11,13H,5-6,9H2,1-4H3/t11-,13+/m1/s1. The van der Waals surface area contributed by atoms with Crippen LogP contribution in [0.1, 0.15) is 32.8 Å². The van der Waals surface area contributed by atoms with Gasteiger partial charge in [-0.25, -0.2) is 19.6 Å². The molecule has 23 heavy (non-hydrogen) atoms. The number of amides is 1. The fourth-order valence-corrected chi connectivity index (χ4v) is 2.72. The topological polar surface area (TPSA) is 81.6 Å². The van der Waals surface area contributed by atoms with Crippen molar-refractivity contribution in [2.45, 2.75) is 45.3 Å². The first kappa shape index (κ1) is 17.2. The highest BCUT2D eigenvalue weighted by molar-refractivity contribution is 5.82. The first-order valence-corrected chi connectivity index (χ1v) is 7.61. The van der Waals surface area contributed by atoms with Gasteiger partial charge in [-0.15, -0.1) is 0 Å². The SMILES string of the molecule is COC(=O)[C@@H]1C[C@@H](Cc2cncnc2)CN1C(=O)OC(C)(C)C. The number of hydrogen-bond acceptors (Lipinski definition) is 6. The quantitative estimate of drug-likeness (QED) is 0.790. The van der Waals surface area contributed by atoms with Gasteiger partial charge in [-0.3, -0.25) is 4.90 Å². The summed E-state index contributed by atoms with van der Waals surface area (Å²) in [5.41, 5.74) is 0.371. The van der Waals surface area contributed by atoms with Crippen LogP contribution in [0.3, 0.4) is 0 Å². The summed E-state index contributed by atoms with van der Waals surface area (Å²) in [7, 11) is 1.33. The van der Waals surface area contributed by atoms with E-state index < -0.39 is 23.7 Å². The van der Waals surface area contributed by atoms with E-state index in [-0.39, 0.29) is 5.92 Å². The Labute approximate surface area is 136 Å². The molecule has 0 bridgehead atoms. The lowest BCUT2D eigenvalue weighted by molar-refractivity contribution is -0.145. The van der Waals surface area contributed by atoms with Crippen LogP contribution in [0.2, 0.25) is 0 Å². The third-order valence-electron chi connectivity index (χ3n) is 3.63. The third-order valence-corrected chi connectivity index (χ3v) is 3.63. The molecule has 1 aliphatic rings. The fourth-order valence-electron chi connectivity index (χ4n) is 2.72. The Bertz CT molecular complexity index is 556. The van der Waals surface area contributed by atoms with Crippen LogP contribution in [0.15, 0.2) is 18.7 Å². The number of hydrogen-bond donors (Lipinski definition) is 0. The molecule has 1 amide bonds. The zero-order valence-corrected chi connectivity index (χ0v) is 14.0. The molecule has 2 rings (SSSR count). The largest absolute Gasteiger partial charge is 0.467 e. The Morgan fingerprint density at radius 1 is 1.30 bits per heavy atom. The summed E-state index contributed by atoms with van der Waals surface area (Å²) in [6, 6.07) is -0.607. The van der Waals surface area contributed by atoms with Crippen molar-refractivity contribution in [2.24, 2.45) is 5.92 Å². The Morgan fingerprint density at radius 2 is 1.96 bits per heavy atom. The molecule has 2 atom stereocenters. The number of nitrogens with zero attached hydrogens (tertiary/aromatic N) is 3. The minimum atomic E-state index is -0.608. The molecule has 0 unspecified atom stereocenters. The summed E-state index contributed by atoms with van der Waals surface area (Å²) < 4.78 is 10.2. The Kier molecular flexibility index (Phi) is 5.18. The molecule has 7 nitrogen and oxygen atoms in total. The molecule has 1 aromatic heterocycles. The van der Waals surface area contributed by atoms with Crippen molar-refractivity contribution in [2.75, 3.05) is 13.7 Å². The van der Waals surface area contributed by atoms with Gasteiger partial charge >= 0.3 is 12.1 Å². The van der Waals surface area contributed by atoms with E-state index in [1.807, 2.05) is 0 Å². The first-order chi connectivity index (χ1) is 10.8. The number of rotatable bonds is 3. The first-order valence-electron chi connectivity index (χ1n) is 7.61. The molecule has 2 heterocycles. The van der Waals surface area contributed by atoms with Crippen molar-refractivity contribution in [3.63, 3.8) is 0 Å². The van der Waals surface area contributed by atoms with Crippen molar-refractivity contribution in [1.82, 2.24) is 14.9 Å². The monoisotopic (exact) mass is 321 g/mol. The molecule has 1 fully saturated rings. The average Bonchev–Trinajstić information content (AvgIpc) is 2.90. The van der Waals surface area contributed by atoms with Crippen LogP contribution in [0.4, 0.5) is 4.79 Å². The van der Waals surface area contributed by atoms with Gasteiger partial charge in [0.2, 0.25) is 0 Å². The zero-order chi connectivity index (χ0) is 17.0. The summed E-state index contributed by atoms with van der Waals surface area (Å²) in [4.78, 5) is 33.8. The lowest BCUT2D eigenvalue weighted by atomic mass is 9.98. The summed E-state index contributed by atoms with van der Waals surface area (Å²) in [5.74, 6) is -0.278. The van der Waals surface area contributed by atoms with Crippen molar-refractivity contribution >= 4 is 12.1 Å². The van der Waals surface area contributed by atoms with Crippen molar-refractivity contribution in [3.05, 3.63) is 24.3 Å². The maximum atomic E-state index is 12.4. The molecule has 7 heteroatoms. The second-order valence-electron chi connectivity index (χ2n) is 6.72. The molecule has 0 saturated carbocycles. The van der Waals surface area contributed by atoms with E-state index >= 15 is 0 Å². The van der Waals surface area contributed by atoms with E-state index in [9.17, 15) is 9.59 Å². The Morgan fingerprint density at radius 3 is 2.52 bits per heavy atom. The number of carbonyl (C=O) groups excluding carboxylic acids is 2. The summed E-state index contributed by atoms with van der Waals surface area (Å²) in [6.07, 6.45) is 5.73. The van der Waals surface area contributed by atoms with Crippen molar-refractivity contribution < 1.29 is 19.1 Å². The minimum Gasteiger partial charge on any atom is -0.467 e. The van der Waals surface area contributed by atoms with Crippen LogP contribution >= 0.6 is 0 Å². The van der Waals surface area contributed by atoms with Gasteiger partial charge in [0, 0.05) is 18.9 Å². The van der Waals surface area contributed by atoms with Gasteiger partial charge in [0.25, 0.3) is 0 Å². The number of likely N-dealkylation sites (tertiary alicyclic amines) is 1. The van der Waals surface area contributed by atoms with Crippen molar-refractivity contribution in [1.29, 1.82) is 0 Å². The number of esters is 1. The maximum Gasteiger partial charge on any atom is 0.411 e. The number of carbonyl (C=O) groups is 2. The van der Waals surface area contributed by atoms with Gasteiger partial charge in [-0.1, -0.05) is 0 Å². The van der Waals surface area contributed by atoms with Gasteiger partial charge in [-0.05, 0) is 45.1 Å². The summed E-state index contributed by atoms with van der Waals surface area (Å²) in [5, 5.41) is 0. The van der Waals surface area contributed by atoms with Crippen LogP contribution < -0.4 is 0 Å². The molecule has 126 valence electrons. The molecule has 1 aromatic rings. The molecule has 1 saturated heterocycles. The van der Waals surface area contributed by atoms with Gasteiger partial charge in [0.1, 0.15) is 18.0 Å². The van der Waals surface area contributed by atoms with Crippen molar-refractivity contribution in [3.8, 4) is 0 Å². The van der Waals surface area contributed by atoms with Gasteiger partial charge in [0.05, 0.1) is 7.11 Å². The highest BCUT2D eigenvalue weighted by Crippen LogP contribution is 2.28. The van der Waals surface area contributed by atoms with Crippen LogP contribution in [0.5, 0.6) is 0 Å². The fraction of sp³-hybridized carbons (Fsp3) is 0.625. The highest BCUT2D eigenvalue weighted by Gasteiger charge is 2.42.